The molecular formula is C78H82Br3N11O10. The van der Waals surface area contributed by atoms with E-state index in [2.05, 4.69) is 95.2 Å². The number of fused-ring (bicyclic) bond motifs is 7. The Bertz CT molecular complexity index is 4590. The maximum atomic E-state index is 13.2. The van der Waals surface area contributed by atoms with Gasteiger partial charge in [-0.1, -0.05) is 110 Å². The van der Waals surface area contributed by atoms with E-state index in [9.17, 15) is 43.2 Å². The lowest BCUT2D eigenvalue weighted by molar-refractivity contribution is -0.134. The summed E-state index contributed by atoms with van der Waals surface area (Å²) < 4.78 is 14.3. The first-order valence-electron chi connectivity index (χ1n) is 34.8. The van der Waals surface area contributed by atoms with Crippen LogP contribution in [-0.2, 0) is 95.1 Å². The first kappa shape index (κ1) is 71.3. The SMILES string of the molecule is C=CC(=O)N1CC(CC(=O)Cn2cc(CC(=O)N3CC4CCC3C4)c3cc(Br)ccc32)C1.C=CC(=O)N1CC(NC(=O)Cn2c3c(c4cc(Br)ccc42)CN(C(=O)OCc2ccccc2)CC3)C1.C=CC(=O)N1CC(NC(=O)Cn2cc(CC(=O)N3CCC4=C(CC=C4)C3)c3cc(Br)ccc32)C1. The van der Waals surface area contributed by atoms with Crippen LogP contribution in [0, 0.1) is 11.8 Å². The largest absolute Gasteiger partial charge is 0.445 e. The standard InChI is InChI=1S/C27H27BrN4O4.C26H27BrN4O3.C25H28BrN3O3/c1-2-26(34)31-13-20(14-31)29-25(33)16-32-23-9-8-19(28)12-21(23)22-15-30(11-10-24(22)32)27(35)36-17-18-6-4-3-5-7-18;1-2-25(33)31-14-21(15-31)28-24(32)16-30-13-19(22-11-20(27)6-7-23(22)30)10-26(34)29-9-8-17-4-3-5-18(17)12-29;1-2-24(31)28-11-17(12-28)8-21(30)15-27-14-18(22-10-19(26)4-6-23(22)27)9-25(32)29-13-16-3-5-20(29)7-16/h2-9,12,20H,1,10-11,13-17H2,(H,29,33);2-4,6-7,11,13,21H,1,5,8-10,12,14-16H2,(H,28,32);2,4,6,10,14,16-17,20H,1,3,5,7-9,11-13,15H2. The Morgan fingerprint density at radius 1 is 0.569 bits per heavy atom. The Morgan fingerprint density at radius 2 is 1.13 bits per heavy atom. The third-order valence-corrected chi connectivity index (χ3v) is 22.3. The molecule has 24 heteroatoms. The smallest absolute Gasteiger partial charge is 0.410 e. The molecule has 6 aliphatic heterocycles. The molecule has 8 amide bonds. The fraction of sp³-hybridized carbons (Fsp3) is 0.372. The zero-order chi connectivity index (χ0) is 71.5. The molecular weight excluding hydrogens is 1490 g/mol. The van der Waals surface area contributed by atoms with Crippen molar-refractivity contribution in [3.63, 3.8) is 0 Å². The van der Waals surface area contributed by atoms with Gasteiger partial charge >= 0.3 is 6.09 Å². The highest BCUT2D eigenvalue weighted by Gasteiger charge is 2.41. The van der Waals surface area contributed by atoms with Crippen molar-refractivity contribution in [2.75, 3.05) is 65.4 Å². The van der Waals surface area contributed by atoms with Gasteiger partial charge in [0.1, 0.15) is 19.7 Å². The first-order chi connectivity index (χ1) is 49.2. The van der Waals surface area contributed by atoms with Crippen LogP contribution in [0.25, 0.3) is 32.7 Å². The van der Waals surface area contributed by atoms with Gasteiger partial charge in [-0.3, -0.25) is 38.4 Å². The van der Waals surface area contributed by atoms with Crippen LogP contribution in [0.5, 0.6) is 0 Å². The number of ketones is 1. The van der Waals surface area contributed by atoms with Crippen molar-refractivity contribution in [2.45, 2.75) is 109 Å². The van der Waals surface area contributed by atoms with Crippen molar-refractivity contribution >= 4 is 134 Å². The van der Waals surface area contributed by atoms with Gasteiger partial charge in [0, 0.05) is 160 Å². The molecule has 4 saturated heterocycles. The number of halogens is 3. The van der Waals surface area contributed by atoms with Gasteiger partial charge in [-0.2, -0.15) is 0 Å². The van der Waals surface area contributed by atoms with E-state index in [0.717, 1.165) is 113 Å². The van der Waals surface area contributed by atoms with Crippen LogP contribution in [0.2, 0.25) is 0 Å². The monoisotopic (exact) mass is 1570 g/mol. The van der Waals surface area contributed by atoms with E-state index in [1.54, 1.807) is 19.6 Å². The number of benzene rings is 4. The van der Waals surface area contributed by atoms with Crippen LogP contribution in [0.3, 0.4) is 0 Å². The molecule has 15 rings (SSSR count). The first-order valence-corrected chi connectivity index (χ1v) is 37.2. The maximum Gasteiger partial charge on any atom is 0.410 e. The number of hydrogen-bond acceptors (Lipinski definition) is 10. The third kappa shape index (κ3) is 16.0. The molecule has 8 aliphatic rings. The number of carbonyl (C=O) groups is 9. The van der Waals surface area contributed by atoms with Crippen LogP contribution >= 0.6 is 47.8 Å². The summed E-state index contributed by atoms with van der Waals surface area (Å²) in [4.78, 5) is 123. The lowest BCUT2D eigenvalue weighted by Gasteiger charge is -2.39. The number of aromatic nitrogens is 3. The number of allylic oxidation sites excluding steroid dienone is 2. The van der Waals surface area contributed by atoms with Gasteiger partial charge in [-0.15, -0.1) is 0 Å². The molecule has 102 heavy (non-hydrogen) atoms. The summed E-state index contributed by atoms with van der Waals surface area (Å²) in [5.74, 6) is 0.834. The number of nitrogens with zero attached hydrogens (tertiary/aromatic N) is 9. The quantitative estimate of drug-likeness (QED) is 0.0729. The number of likely N-dealkylation sites (tertiary alicyclic amines) is 4. The van der Waals surface area contributed by atoms with Gasteiger partial charge in [-0.05, 0) is 139 Å². The summed E-state index contributed by atoms with van der Waals surface area (Å²) in [5.41, 5.74) is 10.5. The third-order valence-electron chi connectivity index (χ3n) is 20.9. The number of piperidine rings is 1. The fourth-order valence-electron chi connectivity index (χ4n) is 15.6. The van der Waals surface area contributed by atoms with Crippen molar-refractivity contribution in [3.8, 4) is 0 Å². The van der Waals surface area contributed by atoms with E-state index in [4.69, 9.17) is 4.74 Å². The molecule has 2 aliphatic carbocycles. The molecule has 0 spiro atoms. The van der Waals surface area contributed by atoms with Crippen LogP contribution in [-0.4, -0.2) is 180 Å². The highest BCUT2D eigenvalue weighted by molar-refractivity contribution is 9.11. The summed E-state index contributed by atoms with van der Waals surface area (Å²) in [6.45, 7) is 17.9. The number of amides is 8. The van der Waals surface area contributed by atoms with Crippen LogP contribution in [0.1, 0.15) is 66.5 Å². The second-order valence-electron chi connectivity index (χ2n) is 27.8. The number of Topliss-reactive ketones (excluding diaryl/α,β-unsaturated/α-hetero) is 1. The van der Waals surface area contributed by atoms with Crippen molar-refractivity contribution in [1.82, 2.24) is 53.7 Å². The summed E-state index contributed by atoms with van der Waals surface area (Å²) in [5, 5.41) is 9.02. The summed E-state index contributed by atoms with van der Waals surface area (Å²) in [6, 6.07) is 27.9. The van der Waals surface area contributed by atoms with E-state index in [0.29, 0.717) is 96.5 Å². The second-order valence-corrected chi connectivity index (χ2v) is 30.5. The van der Waals surface area contributed by atoms with E-state index in [1.807, 2.05) is 116 Å². The van der Waals surface area contributed by atoms with Crippen LogP contribution < -0.4 is 10.6 Å². The maximum absolute atomic E-state index is 13.2. The van der Waals surface area contributed by atoms with Crippen molar-refractivity contribution < 1.29 is 47.9 Å². The average Bonchev–Trinajstić information content (AvgIpc) is 1.61. The van der Waals surface area contributed by atoms with Gasteiger partial charge in [0.2, 0.25) is 41.4 Å². The number of rotatable bonds is 19. The minimum Gasteiger partial charge on any atom is -0.445 e. The normalized spacial score (nSPS) is 18.3. The van der Waals surface area contributed by atoms with Gasteiger partial charge in [0.05, 0.1) is 38.0 Å². The van der Waals surface area contributed by atoms with Crippen molar-refractivity contribution in [3.05, 3.63) is 200 Å². The lowest BCUT2D eigenvalue weighted by Crippen LogP contribution is -2.61. The highest BCUT2D eigenvalue weighted by atomic mass is 79.9. The van der Waals surface area contributed by atoms with E-state index in [1.165, 1.54) is 35.8 Å². The predicted octanol–water partition coefficient (Wildman–Crippen LogP) is 10.1. The molecule has 5 fully saturated rings. The average molecular weight is 1570 g/mol. The molecule has 7 aromatic rings. The lowest BCUT2D eigenvalue weighted by atomic mass is 9.94. The molecule has 530 valence electrons. The molecule has 2 atom stereocenters. The molecule has 2 unspecified atom stereocenters. The predicted molar refractivity (Wildman–Crippen MR) is 399 cm³/mol. The Labute approximate surface area is 617 Å². The number of carbonyl (C=O) groups excluding carboxylic acids is 9. The molecule has 3 aromatic heterocycles. The number of ether oxygens (including phenoxy) is 1. The van der Waals surface area contributed by atoms with Crippen LogP contribution in [0.15, 0.2) is 172 Å². The van der Waals surface area contributed by atoms with Crippen molar-refractivity contribution in [2.24, 2.45) is 11.8 Å². The van der Waals surface area contributed by atoms with Gasteiger partial charge in [0.25, 0.3) is 0 Å². The molecule has 1 saturated carbocycles. The fourth-order valence-corrected chi connectivity index (χ4v) is 16.6. The Morgan fingerprint density at radius 3 is 1.72 bits per heavy atom. The van der Waals surface area contributed by atoms with Crippen molar-refractivity contribution in [1.29, 1.82) is 0 Å². The Kier molecular flexibility index (Phi) is 21.8. The zero-order valence-corrected chi connectivity index (χ0v) is 61.6. The molecule has 2 N–H and O–H groups in total. The molecule has 21 nitrogen and oxygen atoms in total. The molecule has 9 heterocycles. The van der Waals surface area contributed by atoms with E-state index >= 15 is 0 Å². The van der Waals surface area contributed by atoms with Gasteiger partial charge < -0.3 is 58.5 Å². The Hall–Kier alpha value is -9.13. The van der Waals surface area contributed by atoms with Crippen LogP contribution in [0.4, 0.5) is 4.79 Å². The van der Waals surface area contributed by atoms with E-state index in [-0.39, 0.29) is 97.5 Å². The summed E-state index contributed by atoms with van der Waals surface area (Å²) in [7, 11) is 0. The molecule has 0 radical (unpaired) electrons. The van der Waals surface area contributed by atoms with Gasteiger partial charge in [0.15, 0.2) is 5.78 Å². The van der Waals surface area contributed by atoms with Gasteiger partial charge in [-0.25, -0.2) is 4.79 Å². The zero-order valence-electron chi connectivity index (χ0n) is 56.8. The summed E-state index contributed by atoms with van der Waals surface area (Å²) >= 11 is 10.6. The van der Waals surface area contributed by atoms with E-state index < -0.39 is 0 Å². The minimum atomic E-state index is -0.346. The minimum absolute atomic E-state index is 0.0446. The Balaban J connectivity index is 0.000000137. The second kappa shape index (κ2) is 31.2. The number of hydrogen-bond donors (Lipinski definition) is 2. The highest BCUT2D eigenvalue weighted by Crippen LogP contribution is 2.39. The number of nitrogens with one attached hydrogen (secondary N) is 2. The summed E-state index contributed by atoms with van der Waals surface area (Å²) in [6.07, 6.45) is 19.0. The molecule has 4 aromatic carbocycles. The topological polar surface area (TPSA) is 221 Å². The molecule has 2 bridgehead atoms.